The molecule has 1 amide bonds. The van der Waals surface area contributed by atoms with Gasteiger partial charge in [0, 0.05) is 11.3 Å². The number of carbonyl (C=O) groups excluding carboxylic acids is 1. The number of halogens is 1. The van der Waals surface area contributed by atoms with Crippen LogP contribution in [-0.2, 0) is 6.61 Å². The van der Waals surface area contributed by atoms with Gasteiger partial charge in [0.2, 0.25) is 0 Å². The lowest BCUT2D eigenvalue weighted by Gasteiger charge is -2.15. The molecule has 3 rings (SSSR count). The van der Waals surface area contributed by atoms with Crippen molar-refractivity contribution in [2.24, 2.45) is 0 Å². The van der Waals surface area contributed by atoms with Crippen molar-refractivity contribution >= 4 is 23.2 Å². The molecule has 0 unspecified atom stereocenters. The fourth-order valence-electron chi connectivity index (χ4n) is 2.82. The summed E-state index contributed by atoms with van der Waals surface area (Å²) in [5, 5.41) is 3.26. The number of hydrogen-bond donors (Lipinski definition) is 1. The van der Waals surface area contributed by atoms with Crippen molar-refractivity contribution in [3.05, 3.63) is 87.9 Å². The Labute approximate surface area is 170 Å². The molecule has 0 aromatic heterocycles. The van der Waals surface area contributed by atoms with Crippen molar-refractivity contribution in [2.75, 3.05) is 12.4 Å². The molecular formula is C23H22ClNO3. The van der Waals surface area contributed by atoms with Gasteiger partial charge in [-0.3, -0.25) is 4.79 Å². The predicted octanol–water partition coefficient (Wildman–Crippen LogP) is 5.80. The normalized spacial score (nSPS) is 10.4. The van der Waals surface area contributed by atoms with Crippen molar-refractivity contribution in [3.8, 4) is 11.5 Å². The summed E-state index contributed by atoms with van der Waals surface area (Å²) in [6.07, 6.45) is 0. The van der Waals surface area contributed by atoms with Crippen LogP contribution in [0.15, 0.2) is 60.7 Å². The standard InChI is InChI=1S/C23H22ClNO3/c1-15-8-7-11-20(16(15)2)25-23(26)18-12-19(24)22(27-3)21(13-18)28-14-17-9-5-4-6-10-17/h4-13H,14H2,1-3H3,(H,25,26). The molecule has 0 saturated carbocycles. The summed E-state index contributed by atoms with van der Waals surface area (Å²) in [6, 6.07) is 18.8. The van der Waals surface area contributed by atoms with E-state index < -0.39 is 0 Å². The van der Waals surface area contributed by atoms with Crippen LogP contribution >= 0.6 is 11.6 Å². The first-order chi connectivity index (χ1) is 13.5. The van der Waals surface area contributed by atoms with Gasteiger partial charge in [0.1, 0.15) is 6.61 Å². The van der Waals surface area contributed by atoms with E-state index in [0.717, 1.165) is 22.4 Å². The monoisotopic (exact) mass is 395 g/mol. The highest BCUT2D eigenvalue weighted by molar-refractivity contribution is 6.32. The van der Waals surface area contributed by atoms with Gasteiger partial charge in [-0.05, 0) is 48.7 Å². The second kappa shape index (κ2) is 8.81. The van der Waals surface area contributed by atoms with Crippen LogP contribution in [0, 0.1) is 13.8 Å². The number of nitrogens with one attached hydrogen (secondary N) is 1. The average molecular weight is 396 g/mol. The van der Waals surface area contributed by atoms with E-state index in [4.69, 9.17) is 21.1 Å². The number of methoxy groups -OCH3 is 1. The Morgan fingerprint density at radius 2 is 1.79 bits per heavy atom. The molecule has 0 spiro atoms. The van der Waals surface area contributed by atoms with Crippen molar-refractivity contribution in [1.82, 2.24) is 0 Å². The first-order valence-electron chi connectivity index (χ1n) is 8.91. The predicted molar refractivity (Wildman–Crippen MR) is 113 cm³/mol. The molecular weight excluding hydrogens is 374 g/mol. The number of anilines is 1. The number of carbonyl (C=O) groups is 1. The summed E-state index contributed by atoms with van der Waals surface area (Å²) < 4.78 is 11.3. The third kappa shape index (κ3) is 4.46. The maximum absolute atomic E-state index is 12.8. The molecule has 0 fully saturated rings. The van der Waals surface area contributed by atoms with Gasteiger partial charge in [-0.1, -0.05) is 54.1 Å². The molecule has 0 atom stereocenters. The minimum absolute atomic E-state index is 0.261. The first kappa shape index (κ1) is 19.8. The van der Waals surface area contributed by atoms with E-state index in [1.165, 1.54) is 7.11 Å². The molecule has 3 aromatic rings. The lowest BCUT2D eigenvalue weighted by molar-refractivity contribution is 0.102. The average Bonchev–Trinajstić information content (AvgIpc) is 2.70. The molecule has 0 bridgehead atoms. The van der Waals surface area contributed by atoms with Crippen LogP contribution in [0.1, 0.15) is 27.0 Å². The molecule has 0 aliphatic rings. The van der Waals surface area contributed by atoms with Gasteiger partial charge in [0.05, 0.1) is 12.1 Å². The van der Waals surface area contributed by atoms with E-state index in [9.17, 15) is 4.79 Å². The minimum Gasteiger partial charge on any atom is -0.491 e. The lowest BCUT2D eigenvalue weighted by atomic mass is 10.1. The van der Waals surface area contributed by atoms with Crippen LogP contribution in [0.4, 0.5) is 5.69 Å². The molecule has 0 saturated heterocycles. The van der Waals surface area contributed by atoms with Crippen LogP contribution in [0.2, 0.25) is 5.02 Å². The summed E-state index contributed by atoms with van der Waals surface area (Å²) in [6.45, 7) is 4.32. The molecule has 0 aliphatic carbocycles. The zero-order valence-electron chi connectivity index (χ0n) is 16.1. The van der Waals surface area contributed by atoms with Crippen molar-refractivity contribution in [3.63, 3.8) is 0 Å². The van der Waals surface area contributed by atoms with Crippen LogP contribution < -0.4 is 14.8 Å². The van der Waals surface area contributed by atoms with Crippen LogP contribution in [0.3, 0.4) is 0 Å². The third-order valence-corrected chi connectivity index (χ3v) is 4.85. The number of rotatable bonds is 6. The summed E-state index contributed by atoms with van der Waals surface area (Å²) in [5.74, 6) is 0.564. The number of amides is 1. The Morgan fingerprint density at radius 3 is 2.50 bits per heavy atom. The van der Waals surface area contributed by atoms with E-state index >= 15 is 0 Å². The molecule has 1 N–H and O–H groups in total. The fourth-order valence-corrected chi connectivity index (χ4v) is 3.11. The largest absolute Gasteiger partial charge is 0.491 e. The van der Waals surface area contributed by atoms with Crippen LogP contribution in [-0.4, -0.2) is 13.0 Å². The molecule has 28 heavy (non-hydrogen) atoms. The highest BCUT2D eigenvalue weighted by atomic mass is 35.5. The second-order valence-electron chi connectivity index (χ2n) is 6.47. The highest BCUT2D eigenvalue weighted by Crippen LogP contribution is 2.37. The number of ether oxygens (including phenoxy) is 2. The van der Waals surface area contributed by atoms with E-state index in [2.05, 4.69) is 5.32 Å². The smallest absolute Gasteiger partial charge is 0.255 e. The Kier molecular flexibility index (Phi) is 6.22. The molecule has 144 valence electrons. The SMILES string of the molecule is COc1c(Cl)cc(C(=O)Nc2cccc(C)c2C)cc1OCc1ccccc1. The van der Waals surface area contributed by atoms with Crippen molar-refractivity contribution < 1.29 is 14.3 Å². The van der Waals surface area contributed by atoms with Crippen molar-refractivity contribution in [2.45, 2.75) is 20.5 Å². The van der Waals surface area contributed by atoms with Gasteiger partial charge in [0.25, 0.3) is 5.91 Å². The topological polar surface area (TPSA) is 47.6 Å². The van der Waals surface area contributed by atoms with Crippen LogP contribution in [0.5, 0.6) is 11.5 Å². The first-order valence-corrected chi connectivity index (χ1v) is 9.29. The summed E-state index contributed by atoms with van der Waals surface area (Å²) in [7, 11) is 1.52. The highest BCUT2D eigenvalue weighted by Gasteiger charge is 2.17. The summed E-state index contributed by atoms with van der Waals surface area (Å²) in [4.78, 5) is 12.8. The Bertz CT molecular complexity index is 987. The third-order valence-electron chi connectivity index (χ3n) is 4.57. The zero-order valence-corrected chi connectivity index (χ0v) is 16.8. The van der Waals surface area contributed by atoms with Gasteiger partial charge < -0.3 is 14.8 Å². The minimum atomic E-state index is -0.261. The zero-order chi connectivity index (χ0) is 20.1. The van der Waals surface area contributed by atoms with Gasteiger partial charge in [0.15, 0.2) is 11.5 Å². The molecule has 4 nitrogen and oxygen atoms in total. The van der Waals surface area contributed by atoms with Gasteiger partial charge in [-0.15, -0.1) is 0 Å². The molecule has 3 aromatic carbocycles. The number of hydrogen-bond acceptors (Lipinski definition) is 3. The summed E-state index contributed by atoms with van der Waals surface area (Å²) in [5.41, 5.74) is 4.30. The van der Waals surface area contributed by atoms with E-state index in [0.29, 0.717) is 28.7 Å². The Hall–Kier alpha value is -2.98. The lowest BCUT2D eigenvalue weighted by Crippen LogP contribution is -2.13. The maximum Gasteiger partial charge on any atom is 0.255 e. The van der Waals surface area contributed by atoms with E-state index in [-0.39, 0.29) is 5.91 Å². The molecule has 5 heteroatoms. The number of benzene rings is 3. The molecule has 0 radical (unpaired) electrons. The van der Waals surface area contributed by atoms with E-state index in [1.54, 1.807) is 12.1 Å². The van der Waals surface area contributed by atoms with Gasteiger partial charge >= 0.3 is 0 Å². The fraction of sp³-hybridized carbons (Fsp3) is 0.174. The molecule has 0 heterocycles. The summed E-state index contributed by atoms with van der Waals surface area (Å²) >= 11 is 6.33. The maximum atomic E-state index is 12.8. The Balaban J connectivity index is 1.85. The van der Waals surface area contributed by atoms with Crippen LogP contribution in [0.25, 0.3) is 0 Å². The molecule has 0 aliphatic heterocycles. The number of aryl methyl sites for hydroxylation is 1. The second-order valence-corrected chi connectivity index (χ2v) is 6.87. The Morgan fingerprint density at radius 1 is 1.04 bits per heavy atom. The quantitative estimate of drug-likeness (QED) is 0.574. The van der Waals surface area contributed by atoms with Gasteiger partial charge in [-0.25, -0.2) is 0 Å². The van der Waals surface area contributed by atoms with E-state index in [1.807, 2.05) is 62.4 Å². The van der Waals surface area contributed by atoms with Crippen molar-refractivity contribution in [1.29, 1.82) is 0 Å². The van der Waals surface area contributed by atoms with Gasteiger partial charge in [-0.2, -0.15) is 0 Å².